The van der Waals surface area contributed by atoms with Gasteiger partial charge in [-0.05, 0) is 50.4 Å². The number of carbonyl (C=O) groups is 2. The normalized spacial score (nSPS) is 34.6. The number of carboxylic acids is 1. The third kappa shape index (κ3) is 3.64. The van der Waals surface area contributed by atoms with Crippen LogP contribution in [0.1, 0.15) is 52.4 Å². The molecule has 2 rings (SSSR count). The number of rotatable bonds is 2. The van der Waals surface area contributed by atoms with Gasteiger partial charge in [-0.3, -0.25) is 0 Å². The first-order chi connectivity index (χ1) is 9.47. The molecule has 114 valence electrons. The average molecular weight is 282 g/mol. The van der Waals surface area contributed by atoms with Gasteiger partial charge in [0.25, 0.3) is 0 Å². The zero-order chi connectivity index (χ0) is 14.7. The van der Waals surface area contributed by atoms with Crippen LogP contribution in [-0.4, -0.2) is 40.6 Å². The predicted molar refractivity (Wildman–Crippen MR) is 76.5 cm³/mol. The van der Waals surface area contributed by atoms with Crippen LogP contribution in [0, 0.1) is 11.8 Å². The summed E-state index contributed by atoms with van der Waals surface area (Å²) in [7, 11) is 0. The number of carboxylic acid groups (broad SMARTS) is 1. The Hall–Kier alpha value is -1.26. The molecule has 1 saturated heterocycles. The van der Waals surface area contributed by atoms with E-state index >= 15 is 0 Å². The molecule has 1 heterocycles. The number of nitrogens with one attached hydrogen (secondary N) is 1. The van der Waals surface area contributed by atoms with E-state index in [9.17, 15) is 14.7 Å². The minimum atomic E-state index is -0.884. The number of hydrogen-bond acceptors (Lipinski definition) is 2. The highest BCUT2D eigenvalue weighted by Gasteiger charge is 2.33. The fourth-order valence-electron chi connectivity index (χ4n) is 3.75. The third-order valence-corrected chi connectivity index (χ3v) is 4.55. The van der Waals surface area contributed by atoms with E-state index in [-0.39, 0.29) is 12.1 Å². The van der Waals surface area contributed by atoms with Gasteiger partial charge in [0.1, 0.15) is 6.04 Å². The number of aliphatic carboxylic acids is 1. The summed E-state index contributed by atoms with van der Waals surface area (Å²) >= 11 is 0. The molecule has 0 aromatic carbocycles. The minimum Gasteiger partial charge on any atom is -0.480 e. The Morgan fingerprint density at radius 2 is 1.75 bits per heavy atom. The van der Waals surface area contributed by atoms with Crippen molar-refractivity contribution in [1.29, 1.82) is 0 Å². The molecule has 1 saturated carbocycles. The van der Waals surface area contributed by atoms with Crippen LogP contribution in [0.5, 0.6) is 0 Å². The summed E-state index contributed by atoms with van der Waals surface area (Å²) in [6, 6.07) is -0.650. The van der Waals surface area contributed by atoms with Crippen LogP contribution >= 0.6 is 0 Å². The average Bonchev–Trinajstić information content (AvgIpc) is 2.37. The summed E-state index contributed by atoms with van der Waals surface area (Å²) in [6.07, 6.45) is 5.57. The monoisotopic (exact) mass is 282 g/mol. The van der Waals surface area contributed by atoms with Crippen molar-refractivity contribution in [3.8, 4) is 0 Å². The maximum atomic E-state index is 12.3. The van der Waals surface area contributed by atoms with Gasteiger partial charge in [-0.2, -0.15) is 0 Å². The number of nitrogens with zero attached hydrogens (tertiary/aromatic N) is 1. The van der Waals surface area contributed by atoms with Crippen LogP contribution in [0.15, 0.2) is 0 Å². The lowest BCUT2D eigenvalue weighted by atomic mass is 9.80. The molecule has 20 heavy (non-hydrogen) atoms. The Kier molecular flexibility index (Phi) is 4.89. The summed E-state index contributed by atoms with van der Waals surface area (Å²) in [5.74, 6) is 0.367. The van der Waals surface area contributed by atoms with Crippen LogP contribution in [-0.2, 0) is 4.79 Å². The van der Waals surface area contributed by atoms with Crippen molar-refractivity contribution in [3.05, 3.63) is 0 Å². The van der Waals surface area contributed by atoms with Gasteiger partial charge < -0.3 is 15.3 Å². The summed E-state index contributed by atoms with van der Waals surface area (Å²) in [6.45, 7) is 4.99. The van der Waals surface area contributed by atoms with Crippen LogP contribution in [0.3, 0.4) is 0 Å². The second-order valence-electron chi connectivity index (χ2n) is 6.61. The molecule has 2 aliphatic rings. The first kappa shape index (κ1) is 15.1. The molecular weight excluding hydrogens is 256 g/mol. The second kappa shape index (κ2) is 6.46. The standard InChI is InChI=1S/C15H26N2O3/c1-10-7-11(2)9-12(8-10)16-15(20)17-6-4-3-5-13(17)14(18)19/h10-13H,3-9H2,1-2H3,(H,16,20)(H,18,19). The van der Waals surface area contributed by atoms with E-state index in [4.69, 9.17) is 0 Å². The molecule has 0 radical (unpaired) electrons. The smallest absolute Gasteiger partial charge is 0.326 e. The fourth-order valence-corrected chi connectivity index (χ4v) is 3.75. The van der Waals surface area contributed by atoms with Gasteiger partial charge in [0.05, 0.1) is 0 Å². The molecule has 2 fully saturated rings. The van der Waals surface area contributed by atoms with Gasteiger partial charge in [0.15, 0.2) is 0 Å². The summed E-state index contributed by atoms with van der Waals surface area (Å²) < 4.78 is 0. The molecule has 2 N–H and O–H groups in total. The molecule has 0 aromatic rings. The lowest BCUT2D eigenvalue weighted by Gasteiger charge is -2.37. The predicted octanol–water partition coefficient (Wildman–Crippen LogP) is 2.46. The molecule has 1 aliphatic carbocycles. The van der Waals surface area contributed by atoms with Gasteiger partial charge in [-0.25, -0.2) is 9.59 Å². The Bertz CT molecular complexity index is 362. The molecule has 5 nitrogen and oxygen atoms in total. The van der Waals surface area contributed by atoms with E-state index in [0.29, 0.717) is 24.8 Å². The highest BCUT2D eigenvalue weighted by atomic mass is 16.4. The number of likely N-dealkylation sites (tertiary alicyclic amines) is 1. The number of carbonyl (C=O) groups excluding carboxylic acids is 1. The second-order valence-corrected chi connectivity index (χ2v) is 6.61. The highest BCUT2D eigenvalue weighted by molar-refractivity contribution is 5.83. The molecule has 2 amide bonds. The quantitative estimate of drug-likeness (QED) is 0.817. The van der Waals surface area contributed by atoms with Gasteiger partial charge in [-0.15, -0.1) is 0 Å². The number of piperidine rings is 1. The molecule has 3 atom stereocenters. The molecule has 0 spiro atoms. The number of amides is 2. The van der Waals surface area contributed by atoms with E-state index in [0.717, 1.165) is 25.7 Å². The van der Waals surface area contributed by atoms with Crippen LogP contribution in [0.25, 0.3) is 0 Å². The molecule has 5 heteroatoms. The first-order valence-corrected chi connectivity index (χ1v) is 7.77. The van der Waals surface area contributed by atoms with Gasteiger partial charge in [0.2, 0.25) is 0 Å². The topological polar surface area (TPSA) is 69.6 Å². The largest absolute Gasteiger partial charge is 0.480 e. The number of hydrogen-bond donors (Lipinski definition) is 2. The Morgan fingerprint density at radius 3 is 2.35 bits per heavy atom. The fraction of sp³-hybridized carbons (Fsp3) is 0.867. The Balaban J connectivity index is 1.94. The first-order valence-electron chi connectivity index (χ1n) is 7.77. The SMILES string of the molecule is CC1CC(C)CC(NC(=O)N2CCCCC2C(=O)O)C1. The summed E-state index contributed by atoms with van der Waals surface area (Å²) in [4.78, 5) is 25.1. The van der Waals surface area contributed by atoms with Crippen molar-refractivity contribution in [1.82, 2.24) is 10.2 Å². The number of urea groups is 1. The highest BCUT2D eigenvalue weighted by Crippen LogP contribution is 2.29. The van der Waals surface area contributed by atoms with Crippen molar-refractivity contribution in [3.63, 3.8) is 0 Å². The Labute approximate surface area is 120 Å². The van der Waals surface area contributed by atoms with E-state index in [1.54, 1.807) is 0 Å². The van der Waals surface area contributed by atoms with E-state index < -0.39 is 12.0 Å². The van der Waals surface area contributed by atoms with Crippen LogP contribution in [0.2, 0.25) is 0 Å². The van der Waals surface area contributed by atoms with Crippen molar-refractivity contribution in [2.24, 2.45) is 11.8 Å². The summed E-state index contributed by atoms with van der Waals surface area (Å²) in [5, 5.41) is 12.3. The lowest BCUT2D eigenvalue weighted by molar-refractivity contribution is -0.143. The van der Waals surface area contributed by atoms with E-state index in [1.165, 1.54) is 11.3 Å². The van der Waals surface area contributed by atoms with E-state index in [2.05, 4.69) is 19.2 Å². The summed E-state index contributed by atoms with van der Waals surface area (Å²) in [5.41, 5.74) is 0. The van der Waals surface area contributed by atoms with Crippen molar-refractivity contribution in [2.75, 3.05) is 6.54 Å². The minimum absolute atomic E-state index is 0.191. The maximum Gasteiger partial charge on any atom is 0.326 e. The van der Waals surface area contributed by atoms with Crippen molar-refractivity contribution < 1.29 is 14.7 Å². The van der Waals surface area contributed by atoms with Gasteiger partial charge in [-0.1, -0.05) is 13.8 Å². The zero-order valence-electron chi connectivity index (χ0n) is 12.5. The molecular formula is C15H26N2O3. The molecule has 0 bridgehead atoms. The Morgan fingerprint density at radius 1 is 1.10 bits per heavy atom. The molecule has 1 aliphatic heterocycles. The van der Waals surface area contributed by atoms with Gasteiger partial charge >= 0.3 is 12.0 Å². The lowest BCUT2D eigenvalue weighted by Crippen LogP contribution is -2.54. The third-order valence-electron chi connectivity index (χ3n) is 4.55. The van der Waals surface area contributed by atoms with Crippen LogP contribution in [0.4, 0.5) is 4.79 Å². The zero-order valence-corrected chi connectivity index (χ0v) is 12.5. The van der Waals surface area contributed by atoms with Crippen molar-refractivity contribution >= 4 is 12.0 Å². The molecule has 0 aromatic heterocycles. The van der Waals surface area contributed by atoms with Crippen molar-refractivity contribution in [2.45, 2.75) is 64.5 Å². The van der Waals surface area contributed by atoms with Gasteiger partial charge in [0, 0.05) is 12.6 Å². The maximum absolute atomic E-state index is 12.3. The molecule has 3 unspecified atom stereocenters. The van der Waals surface area contributed by atoms with Crippen LogP contribution < -0.4 is 5.32 Å². The van der Waals surface area contributed by atoms with E-state index in [1.807, 2.05) is 0 Å².